The summed E-state index contributed by atoms with van der Waals surface area (Å²) in [5.74, 6) is -0.335. The summed E-state index contributed by atoms with van der Waals surface area (Å²) in [6.45, 7) is 4.90. The van der Waals surface area contributed by atoms with Crippen molar-refractivity contribution in [3.63, 3.8) is 0 Å². The van der Waals surface area contributed by atoms with Crippen molar-refractivity contribution < 1.29 is 9.59 Å². The zero-order valence-electron chi connectivity index (χ0n) is 11.3. The molecule has 104 valence electrons. The normalized spacial score (nSPS) is 16.8. The molecule has 0 spiro atoms. The van der Waals surface area contributed by atoms with Crippen molar-refractivity contribution in [2.45, 2.75) is 25.8 Å². The second-order valence-electron chi connectivity index (χ2n) is 4.76. The summed E-state index contributed by atoms with van der Waals surface area (Å²) in [6.07, 6.45) is 1.91. The topological polar surface area (TPSA) is 78.7 Å². The fraction of sp³-hybridized carbons (Fsp3) is 0.833. The standard InChI is InChI=1S/C12H24N4O2/c1-3-15(2)12(18)9-16(8-11(13)17)10-4-6-14-7-5-10/h10,14H,3-9H2,1-2H3,(H2,13,17). The molecule has 0 aromatic rings. The number of hydrogen-bond acceptors (Lipinski definition) is 4. The van der Waals surface area contributed by atoms with Crippen LogP contribution in [-0.4, -0.2) is 67.4 Å². The molecular formula is C12H24N4O2. The van der Waals surface area contributed by atoms with E-state index in [4.69, 9.17) is 5.73 Å². The Morgan fingerprint density at radius 2 is 1.89 bits per heavy atom. The van der Waals surface area contributed by atoms with Gasteiger partial charge in [-0.05, 0) is 32.9 Å². The van der Waals surface area contributed by atoms with E-state index in [0.29, 0.717) is 6.54 Å². The first-order chi connectivity index (χ1) is 8.54. The quantitative estimate of drug-likeness (QED) is 0.639. The number of nitrogens with two attached hydrogens (primary N) is 1. The minimum Gasteiger partial charge on any atom is -0.369 e. The highest BCUT2D eigenvalue weighted by Gasteiger charge is 2.24. The number of carbonyl (C=O) groups is 2. The molecule has 6 heteroatoms. The van der Waals surface area contributed by atoms with E-state index in [1.807, 2.05) is 11.8 Å². The molecule has 0 atom stereocenters. The van der Waals surface area contributed by atoms with Gasteiger partial charge in [-0.2, -0.15) is 0 Å². The fourth-order valence-corrected chi connectivity index (χ4v) is 2.16. The lowest BCUT2D eigenvalue weighted by atomic mass is 10.0. The summed E-state index contributed by atoms with van der Waals surface area (Å²) in [4.78, 5) is 26.6. The summed E-state index contributed by atoms with van der Waals surface area (Å²) in [7, 11) is 1.77. The largest absolute Gasteiger partial charge is 0.369 e. The van der Waals surface area contributed by atoms with Crippen molar-refractivity contribution in [2.24, 2.45) is 5.73 Å². The Labute approximate surface area is 108 Å². The number of rotatable bonds is 6. The highest BCUT2D eigenvalue weighted by molar-refractivity contribution is 5.80. The van der Waals surface area contributed by atoms with Gasteiger partial charge < -0.3 is 16.0 Å². The minimum absolute atomic E-state index is 0.0392. The number of hydrogen-bond donors (Lipinski definition) is 2. The molecule has 0 bridgehead atoms. The maximum Gasteiger partial charge on any atom is 0.236 e. The number of amides is 2. The maximum atomic E-state index is 11.9. The number of carbonyl (C=O) groups excluding carboxylic acids is 2. The van der Waals surface area contributed by atoms with E-state index in [1.54, 1.807) is 11.9 Å². The predicted molar refractivity (Wildman–Crippen MR) is 70.0 cm³/mol. The lowest BCUT2D eigenvalue weighted by molar-refractivity contribution is -0.132. The Balaban J connectivity index is 2.59. The molecule has 1 aliphatic heterocycles. The van der Waals surface area contributed by atoms with Gasteiger partial charge in [0.05, 0.1) is 13.1 Å². The van der Waals surface area contributed by atoms with E-state index in [2.05, 4.69) is 5.32 Å². The summed E-state index contributed by atoms with van der Waals surface area (Å²) in [6, 6.07) is 0.271. The van der Waals surface area contributed by atoms with Gasteiger partial charge in [-0.3, -0.25) is 14.5 Å². The number of nitrogens with one attached hydrogen (secondary N) is 1. The summed E-state index contributed by atoms with van der Waals surface area (Å²) >= 11 is 0. The van der Waals surface area contributed by atoms with Crippen LogP contribution >= 0.6 is 0 Å². The van der Waals surface area contributed by atoms with Crippen LogP contribution < -0.4 is 11.1 Å². The first-order valence-electron chi connectivity index (χ1n) is 6.51. The predicted octanol–water partition coefficient (Wildman–Crippen LogP) is -0.996. The third-order valence-electron chi connectivity index (χ3n) is 3.42. The van der Waals surface area contributed by atoms with Gasteiger partial charge in [0, 0.05) is 19.6 Å². The van der Waals surface area contributed by atoms with Gasteiger partial charge in [0.1, 0.15) is 0 Å². The van der Waals surface area contributed by atoms with Gasteiger partial charge >= 0.3 is 0 Å². The zero-order chi connectivity index (χ0) is 13.5. The van der Waals surface area contributed by atoms with Crippen molar-refractivity contribution >= 4 is 11.8 Å². The van der Waals surface area contributed by atoms with Crippen molar-refractivity contribution in [2.75, 3.05) is 39.8 Å². The van der Waals surface area contributed by atoms with Gasteiger partial charge in [-0.1, -0.05) is 0 Å². The molecule has 1 aliphatic rings. The molecule has 1 rings (SSSR count). The Morgan fingerprint density at radius 3 is 2.39 bits per heavy atom. The Morgan fingerprint density at radius 1 is 1.28 bits per heavy atom. The van der Waals surface area contributed by atoms with Crippen LogP contribution in [0.15, 0.2) is 0 Å². The minimum atomic E-state index is -0.375. The van der Waals surface area contributed by atoms with Crippen molar-refractivity contribution in [3.8, 4) is 0 Å². The molecule has 0 aliphatic carbocycles. The van der Waals surface area contributed by atoms with Crippen LogP contribution in [0.1, 0.15) is 19.8 Å². The molecule has 1 fully saturated rings. The smallest absolute Gasteiger partial charge is 0.236 e. The van der Waals surface area contributed by atoms with Gasteiger partial charge in [-0.25, -0.2) is 0 Å². The van der Waals surface area contributed by atoms with E-state index < -0.39 is 0 Å². The molecule has 0 aromatic carbocycles. The summed E-state index contributed by atoms with van der Waals surface area (Å²) < 4.78 is 0. The lowest BCUT2D eigenvalue weighted by Crippen LogP contribution is -2.50. The number of likely N-dealkylation sites (N-methyl/N-ethyl adjacent to an activating group) is 1. The van der Waals surface area contributed by atoms with E-state index >= 15 is 0 Å². The molecule has 18 heavy (non-hydrogen) atoms. The first kappa shape index (κ1) is 14.9. The molecule has 3 N–H and O–H groups in total. The van der Waals surface area contributed by atoms with Crippen LogP contribution in [0.2, 0.25) is 0 Å². The second-order valence-corrected chi connectivity index (χ2v) is 4.76. The van der Waals surface area contributed by atoms with E-state index in [9.17, 15) is 9.59 Å². The third-order valence-corrected chi connectivity index (χ3v) is 3.42. The van der Waals surface area contributed by atoms with Crippen LogP contribution in [0.4, 0.5) is 0 Å². The van der Waals surface area contributed by atoms with Crippen LogP contribution in [-0.2, 0) is 9.59 Å². The van der Waals surface area contributed by atoms with Crippen molar-refractivity contribution in [3.05, 3.63) is 0 Å². The zero-order valence-corrected chi connectivity index (χ0v) is 11.3. The molecule has 0 aromatic heterocycles. The van der Waals surface area contributed by atoms with Gasteiger partial charge in [0.25, 0.3) is 0 Å². The Bertz CT molecular complexity index is 290. The van der Waals surface area contributed by atoms with E-state index in [0.717, 1.165) is 25.9 Å². The van der Waals surface area contributed by atoms with Gasteiger partial charge in [-0.15, -0.1) is 0 Å². The maximum absolute atomic E-state index is 11.9. The second kappa shape index (κ2) is 7.33. The third kappa shape index (κ3) is 4.62. The lowest BCUT2D eigenvalue weighted by Gasteiger charge is -2.34. The molecule has 2 amide bonds. The van der Waals surface area contributed by atoms with Crippen molar-refractivity contribution in [1.29, 1.82) is 0 Å². The first-order valence-corrected chi connectivity index (χ1v) is 6.51. The number of primary amides is 1. The molecule has 1 heterocycles. The fourth-order valence-electron chi connectivity index (χ4n) is 2.16. The molecule has 1 saturated heterocycles. The van der Waals surface area contributed by atoms with Crippen molar-refractivity contribution in [1.82, 2.24) is 15.1 Å². The number of nitrogens with zero attached hydrogens (tertiary/aromatic N) is 2. The Hall–Kier alpha value is -1.14. The molecule has 6 nitrogen and oxygen atoms in total. The monoisotopic (exact) mass is 256 g/mol. The average Bonchev–Trinajstić information content (AvgIpc) is 2.37. The molecule has 0 saturated carbocycles. The van der Waals surface area contributed by atoms with E-state index in [1.165, 1.54) is 0 Å². The average molecular weight is 256 g/mol. The molecule has 0 radical (unpaired) electrons. The number of piperidine rings is 1. The van der Waals surface area contributed by atoms with Gasteiger partial charge in [0.2, 0.25) is 11.8 Å². The van der Waals surface area contributed by atoms with Crippen LogP contribution in [0.5, 0.6) is 0 Å². The highest BCUT2D eigenvalue weighted by atomic mass is 16.2. The van der Waals surface area contributed by atoms with E-state index in [-0.39, 0.29) is 30.9 Å². The Kier molecular flexibility index (Phi) is 6.07. The van der Waals surface area contributed by atoms with Crippen LogP contribution in [0.25, 0.3) is 0 Å². The van der Waals surface area contributed by atoms with Crippen LogP contribution in [0, 0.1) is 0 Å². The molecular weight excluding hydrogens is 232 g/mol. The SMILES string of the molecule is CCN(C)C(=O)CN(CC(N)=O)C1CCNCC1. The van der Waals surface area contributed by atoms with Crippen LogP contribution in [0.3, 0.4) is 0 Å². The summed E-state index contributed by atoms with van der Waals surface area (Å²) in [5, 5.41) is 3.27. The summed E-state index contributed by atoms with van der Waals surface area (Å²) in [5.41, 5.74) is 5.26. The van der Waals surface area contributed by atoms with Gasteiger partial charge in [0.15, 0.2) is 0 Å². The molecule has 0 unspecified atom stereocenters. The highest BCUT2D eigenvalue weighted by Crippen LogP contribution is 2.11.